The Bertz CT molecular complexity index is 1130. The van der Waals surface area contributed by atoms with E-state index in [1.165, 1.54) is 35.6 Å². The Kier molecular flexibility index (Phi) is 6.20. The van der Waals surface area contributed by atoms with Gasteiger partial charge >= 0.3 is 0 Å². The highest BCUT2D eigenvalue weighted by Gasteiger charge is 2.19. The molecule has 1 amide bonds. The van der Waals surface area contributed by atoms with Crippen LogP contribution in [0.25, 0.3) is 0 Å². The number of amides is 1. The van der Waals surface area contributed by atoms with E-state index in [0.717, 1.165) is 6.20 Å². The molecule has 0 unspecified atom stereocenters. The van der Waals surface area contributed by atoms with Gasteiger partial charge in [-0.25, -0.2) is 27.5 Å². The smallest absolute Gasteiger partial charge is 0.278 e. The van der Waals surface area contributed by atoms with Gasteiger partial charge in [-0.15, -0.1) is 11.3 Å². The number of thiazole rings is 1. The zero-order valence-electron chi connectivity index (χ0n) is 15.6. The van der Waals surface area contributed by atoms with Crippen LogP contribution in [0.15, 0.2) is 47.5 Å². The second kappa shape index (κ2) is 8.64. The maximum absolute atomic E-state index is 13.0. The molecule has 0 spiro atoms. The number of benzene rings is 1. The minimum Gasteiger partial charge on any atom is -0.345 e. The fourth-order valence-corrected chi connectivity index (χ4v) is 4.36. The van der Waals surface area contributed by atoms with E-state index in [9.17, 15) is 17.6 Å². The summed E-state index contributed by atoms with van der Waals surface area (Å²) in [6.45, 7) is 3.71. The average molecular weight is 436 g/mol. The van der Waals surface area contributed by atoms with Crippen LogP contribution in [0.2, 0.25) is 0 Å². The summed E-state index contributed by atoms with van der Waals surface area (Å²) in [5.41, 5.74) is 0.611. The van der Waals surface area contributed by atoms with Gasteiger partial charge in [0.15, 0.2) is 5.69 Å². The zero-order chi connectivity index (χ0) is 21.0. The van der Waals surface area contributed by atoms with Gasteiger partial charge in [0.2, 0.25) is 10.0 Å². The molecular formula is C18H18FN5O3S2. The first kappa shape index (κ1) is 20.8. The highest BCUT2D eigenvalue weighted by Crippen LogP contribution is 2.29. The van der Waals surface area contributed by atoms with Crippen molar-refractivity contribution < 1.29 is 17.6 Å². The number of hydrogen-bond acceptors (Lipinski definition) is 7. The van der Waals surface area contributed by atoms with Crippen LogP contribution in [-0.2, 0) is 10.0 Å². The summed E-state index contributed by atoms with van der Waals surface area (Å²) in [4.78, 5) is 20.7. The summed E-state index contributed by atoms with van der Waals surface area (Å²) in [5.74, 6) is -0.846. The molecule has 3 rings (SSSR count). The molecule has 0 aliphatic heterocycles. The van der Waals surface area contributed by atoms with E-state index in [2.05, 4.69) is 25.3 Å². The summed E-state index contributed by atoms with van der Waals surface area (Å²) in [6.07, 6.45) is 0.997. The van der Waals surface area contributed by atoms with Crippen molar-refractivity contribution in [2.24, 2.45) is 0 Å². The Balaban J connectivity index is 1.84. The molecule has 3 N–H and O–H groups in total. The summed E-state index contributed by atoms with van der Waals surface area (Å²) < 4.78 is 39.8. The van der Waals surface area contributed by atoms with E-state index < -0.39 is 21.7 Å². The number of nitrogens with zero attached hydrogens (tertiary/aromatic N) is 2. The van der Waals surface area contributed by atoms with Crippen molar-refractivity contribution in [1.82, 2.24) is 14.7 Å². The standard InChI is InChI=1S/C18H18FN5O3S2/c1-3-21-29(26,27)14-6-4-5-13(9-14)23-18-16(22-11(2)28-18)17(25)24-15-8-7-12(19)10-20-15/h4-10,21,23H,3H2,1-2H3,(H,20,24,25). The van der Waals surface area contributed by atoms with Crippen molar-refractivity contribution in [1.29, 1.82) is 0 Å². The predicted octanol–water partition coefficient (Wildman–Crippen LogP) is 3.28. The molecule has 2 heterocycles. The SMILES string of the molecule is CCNS(=O)(=O)c1cccc(Nc2sc(C)nc2C(=O)Nc2ccc(F)cn2)c1. The Morgan fingerprint density at radius 3 is 2.72 bits per heavy atom. The topological polar surface area (TPSA) is 113 Å². The van der Waals surface area contributed by atoms with Gasteiger partial charge in [-0.1, -0.05) is 13.0 Å². The highest BCUT2D eigenvalue weighted by molar-refractivity contribution is 7.89. The monoisotopic (exact) mass is 435 g/mol. The van der Waals surface area contributed by atoms with E-state index in [4.69, 9.17) is 0 Å². The Labute approximate surface area is 171 Å². The van der Waals surface area contributed by atoms with Crippen LogP contribution in [0.4, 0.5) is 20.9 Å². The molecular weight excluding hydrogens is 417 g/mol. The van der Waals surface area contributed by atoms with Crippen molar-refractivity contribution in [3.63, 3.8) is 0 Å². The molecule has 152 valence electrons. The van der Waals surface area contributed by atoms with Gasteiger partial charge in [-0.3, -0.25) is 4.79 Å². The molecule has 1 aromatic carbocycles. The number of aromatic nitrogens is 2. The fourth-order valence-electron chi connectivity index (χ4n) is 2.44. The normalized spacial score (nSPS) is 11.3. The summed E-state index contributed by atoms with van der Waals surface area (Å²) in [7, 11) is -3.61. The third kappa shape index (κ3) is 5.13. The predicted molar refractivity (Wildman–Crippen MR) is 110 cm³/mol. The minimum absolute atomic E-state index is 0.104. The number of carbonyl (C=O) groups is 1. The molecule has 0 bridgehead atoms. The van der Waals surface area contributed by atoms with Crippen molar-refractivity contribution in [3.8, 4) is 0 Å². The molecule has 0 saturated heterocycles. The number of carbonyl (C=O) groups excluding carboxylic acids is 1. The maximum atomic E-state index is 13.0. The van der Waals surface area contributed by atoms with E-state index >= 15 is 0 Å². The molecule has 2 aromatic heterocycles. The van der Waals surface area contributed by atoms with Crippen LogP contribution < -0.4 is 15.4 Å². The number of sulfonamides is 1. The fraction of sp³-hybridized carbons (Fsp3) is 0.167. The van der Waals surface area contributed by atoms with E-state index in [1.54, 1.807) is 26.0 Å². The summed E-state index contributed by atoms with van der Waals surface area (Å²) in [5, 5.41) is 6.69. The molecule has 0 atom stereocenters. The quantitative estimate of drug-likeness (QED) is 0.525. The van der Waals surface area contributed by atoms with Crippen LogP contribution in [0.3, 0.4) is 0 Å². The van der Waals surface area contributed by atoms with Gasteiger partial charge < -0.3 is 10.6 Å². The third-order valence-electron chi connectivity index (χ3n) is 3.65. The van der Waals surface area contributed by atoms with Gasteiger partial charge in [0.1, 0.15) is 16.6 Å². The lowest BCUT2D eigenvalue weighted by molar-refractivity contribution is 0.102. The molecule has 29 heavy (non-hydrogen) atoms. The van der Waals surface area contributed by atoms with E-state index in [-0.39, 0.29) is 23.0 Å². The number of pyridine rings is 1. The van der Waals surface area contributed by atoms with Gasteiger partial charge in [-0.05, 0) is 37.3 Å². The van der Waals surface area contributed by atoms with Crippen LogP contribution in [0.1, 0.15) is 22.4 Å². The molecule has 0 radical (unpaired) electrons. The van der Waals surface area contributed by atoms with E-state index in [1.807, 2.05) is 0 Å². The summed E-state index contributed by atoms with van der Waals surface area (Å²) >= 11 is 1.25. The largest absolute Gasteiger partial charge is 0.345 e. The Morgan fingerprint density at radius 1 is 1.24 bits per heavy atom. The zero-order valence-corrected chi connectivity index (χ0v) is 17.2. The lowest BCUT2D eigenvalue weighted by Gasteiger charge is -2.09. The number of nitrogens with one attached hydrogen (secondary N) is 3. The van der Waals surface area contributed by atoms with Gasteiger partial charge in [-0.2, -0.15) is 0 Å². The molecule has 0 aliphatic carbocycles. The lowest BCUT2D eigenvalue weighted by atomic mass is 10.3. The van der Waals surface area contributed by atoms with Crippen molar-refractivity contribution in [3.05, 3.63) is 59.1 Å². The van der Waals surface area contributed by atoms with Crippen LogP contribution in [0.5, 0.6) is 0 Å². The molecule has 8 nitrogen and oxygen atoms in total. The Morgan fingerprint density at radius 2 is 2.03 bits per heavy atom. The summed E-state index contributed by atoms with van der Waals surface area (Å²) in [6, 6.07) is 8.76. The first-order chi connectivity index (χ1) is 13.8. The van der Waals surface area contributed by atoms with Crippen LogP contribution in [-0.4, -0.2) is 30.8 Å². The van der Waals surface area contributed by atoms with Crippen molar-refractivity contribution in [2.45, 2.75) is 18.7 Å². The second-order valence-electron chi connectivity index (χ2n) is 5.88. The second-order valence-corrected chi connectivity index (χ2v) is 8.85. The van der Waals surface area contributed by atoms with Crippen molar-refractivity contribution >= 4 is 43.8 Å². The molecule has 3 aromatic rings. The van der Waals surface area contributed by atoms with Crippen LogP contribution >= 0.6 is 11.3 Å². The number of halogens is 1. The first-order valence-electron chi connectivity index (χ1n) is 8.55. The number of aryl methyl sites for hydroxylation is 1. The van der Waals surface area contributed by atoms with Crippen molar-refractivity contribution in [2.75, 3.05) is 17.2 Å². The highest BCUT2D eigenvalue weighted by atomic mass is 32.2. The Hall–Kier alpha value is -2.89. The molecule has 0 fully saturated rings. The molecule has 11 heteroatoms. The van der Waals surface area contributed by atoms with E-state index in [0.29, 0.717) is 15.7 Å². The average Bonchev–Trinajstić information content (AvgIpc) is 3.04. The molecule has 0 aliphatic rings. The van der Waals surface area contributed by atoms with Gasteiger partial charge in [0.25, 0.3) is 5.91 Å². The van der Waals surface area contributed by atoms with Crippen LogP contribution in [0, 0.1) is 12.7 Å². The maximum Gasteiger partial charge on any atom is 0.278 e. The molecule has 0 saturated carbocycles. The van der Waals surface area contributed by atoms with Gasteiger partial charge in [0, 0.05) is 12.2 Å². The van der Waals surface area contributed by atoms with Gasteiger partial charge in [0.05, 0.1) is 16.1 Å². The number of rotatable bonds is 7. The number of anilines is 3. The lowest BCUT2D eigenvalue weighted by Crippen LogP contribution is -2.23. The number of hydrogen-bond donors (Lipinski definition) is 3. The first-order valence-corrected chi connectivity index (χ1v) is 10.9. The minimum atomic E-state index is -3.61. The third-order valence-corrected chi connectivity index (χ3v) is 6.08.